The average molecular weight is 282 g/mol. The second-order valence-corrected chi connectivity index (χ2v) is 5.41. The largest absolute Gasteiger partial charge is 0.420 e. The van der Waals surface area contributed by atoms with Crippen LogP contribution in [0.2, 0.25) is 0 Å². The highest BCUT2D eigenvalue weighted by Crippen LogP contribution is 2.20. The van der Waals surface area contributed by atoms with Crippen LogP contribution < -0.4 is 11.5 Å². The fraction of sp³-hybridized carbons (Fsp3) is 0.235. The van der Waals surface area contributed by atoms with Gasteiger partial charge in [-0.3, -0.25) is 4.57 Å². The summed E-state index contributed by atoms with van der Waals surface area (Å²) in [6, 6.07) is 13.3. The molecule has 0 bridgehead atoms. The zero-order valence-corrected chi connectivity index (χ0v) is 12.2. The van der Waals surface area contributed by atoms with Crippen molar-refractivity contribution in [3.8, 4) is 0 Å². The number of aryl methyl sites for hydroxylation is 2. The van der Waals surface area contributed by atoms with Crippen LogP contribution in [-0.2, 0) is 6.54 Å². The molecule has 0 aliphatic heterocycles. The van der Waals surface area contributed by atoms with Crippen molar-refractivity contribution in [3.05, 3.63) is 69.7 Å². The molecule has 4 nitrogen and oxygen atoms in total. The molecule has 0 fully saturated rings. The Bertz CT molecular complexity index is 845. The van der Waals surface area contributed by atoms with Crippen molar-refractivity contribution in [2.45, 2.75) is 26.4 Å². The Labute approximate surface area is 122 Å². The molecule has 0 saturated heterocycles. The highest BCUT2D eigenvalue weighted by atomic mass is 16.4. The Morgan fingerprint density at radius 1 is 1.19 bits per heavy atom. The molecular weight excluding hydrogens is 264 g/mol. The van der Waals surface area contributed by atoms with Gasteiger partial charge in [-0.1, -0.05) is 35.9 Å². The van der Waals surface area contributed by atoms with E-state index >= 15 is 0 Å². The normalized spacial score (nSPS) is 12.7. The van der Waals surface area contributed by atoms with Crippen molar-refractivity contribution in [2.75, 3.05) is 0 Å². The quantitative estimate of drug-likeness (QED) is 0.803. The Balaban J connectivity index is 2.00. The summed E-state index contributed by atoms with van der Waals surface area (Å²) >= 11 is 0. The van der Waals surface area contributed by atoms with Gasteiger partial charge in [0, 0.05) is 12.6 Å². The highest BCUT2D eigenvalue weighted by Gasteiger charge is 2.15. The van der Waals surface area contributed by atoms with Gasteiger partial charge in [-0.15, -0.1) is 0 Å². The van der Waals surface area contributed by atoms with Crippen molar-refractivity contribution in [1.82, 2.24) is 4.57 Å². The molecule has 0 amide bonds. The lowest BCUT2D eigenvalue weighted by Crippen LogP contribution is -2.24. The average Bonchev–Trinajstić information content (AvgIpc) is 2.78. The van der Waals surface area contributed by atoms with E-state index in [9.17, 15) is 4.79 Å². The number of benzene rings is 2. The molecular formula is C17H18N2O2. The summed E-state index contributed by atoms with van der Waals surface area (Å²) in [5.74, 6) is -0.364. The van der Waals surface area contributed by atoms with E-state index in [1.165, 1.54) is 0 Å². The minimum atomic E-state index is -0.364. The van der Waals surface area contributed by atoms with Crippen molar-refractivity contribution >= 4 is 11.1 Å². The predicted octanol–water partition coefficient (Wildman–Crippen LogP) is 2.91. The van der Waals surface area contributed by atoms with Crippen LogP contribution in [-0.4, -0.2) is 4.57 Å². The first kappa shape index (κ1) is 13.6. The van der Waals surface area contributed by atoms with E-state index in [2.05, 4.69) is 18.2 Å². The molecule has 3 aromatic rings. The zero-order valence-electron chi connectivity index (χ0n) is 12.2. The molecule has 2 aromatic carbocycles. The lowest BCUT2D eigenvalue weighted by atomic mass is 9.99. The minimum Gasteiger partial charge on any atom is -0.408 e. The number of rotatable bonds is 3. The molecule has 21 heavy (non-hydrogen) atoms. The van der Waals surface area contributed by atoms with E-state index in [0.717, 1.165) is 22.2 Å². The molecule has 0 radical (unpaired) electrons. The first-order valence-corrected chi connectivity index (χ1v) is 6.97. The molecule has 1 unspecified atom stereocenters. The lowest BCUT2D eigenvalue weighted by Gasteiger charge is -2.16. The van der Waals surface area contributed by atoms with Crippen LogP contribution in [0, 0.1) is 13.8 Å². The molecule has 4 heteroatoms. The molecule has 0 spiro atoms. The minimum absolute atomic E-state index is 0.247. The maximum atomic E-state index is 12.0. The van der Waals surface area contributed by atoms with Crippen molar-refractivity contribution < 1.29 is 4.42 Å². The molecule has 0 aliphatic carbocycles. The van der Waals surface area contributed by atoms with Gasteiger partial charge < -0.3 is 10.2 Å². The number of aromatic nitrogens is 1. The summed E-state index contributed by atoms with van der Waals surface area (Å²) in [5, 5.41) is 0. The van der Waals surface area contributed by atoms with E-state index in [-0.39, 0.29) is 11.8 Å². The van der Waals surface area contributed by atoms with Crippen LogP contribution in [0.3, 0.4) is 0 Å². The van der Waals surface area contributed by atoms with Gasteiger partial charge in [-0.05, 0) is 37.1 Å². The van der Waals surface area contributed by atoms with Crippen molar-refractivity contribution in [1.29, 1.82) is 0 Å². The Kier molecular flexibility index (Phi) is 3.39. The molecule has 108 valence electrons. The lowest BCUT2D eigenvalue weighted by molar-refractivity contribution is 0.480. The number of oxazole rings is 1. The Morgan fingerprint density at radius 3 is 2.76 bits per heavy atom. The third kappa shape index (κ3) is 2.50. The summed E-state index contributed by atoms with van der Waals surface area (Å²) in [6.07, 6.45) is 0. The van der Waals surface area contributed by atoms with E-state index in [0.29, 0.717) is 12.1 Å². The number of para-hydroxylation sites is 2. The zero-order chi connectivity index (χ0) is 15.0. The van der Waals surface area contributed by atoms with Gasteiger partial charge in [0.2, 0.25) is 0 Å². The summed E-state index contributed by atoms with van der Waals surface area (Å²) < 4.78 is 6.84. The second kappa shape index (κ2) is 5.22. The summed E-state index contributed by atoms with van der Waals surface area (Å²) in [7, 11) is 0. The van der Waals surface area contributed by atoms with Crippen LogP contribution in [0.5, 0.6) is 0 Å². The number of fused-ring (bicyclic) bond motifs is 1. The molecule has 1 aromatic heterocycles. The van der Waals surface area contributed by atoms with Crippen LogP contribution in [0.1, 0.15) is 22.7 Å². The molecule has 0 aliphatic rings. The standard InChI is InChI=1S/C17H18N2O2/c1-11-7-8-12(2)13(9-11)14(18)10-19-15-5-3-4-6-16(15)21-17(19)20/h3-9,14H,10,18H2,1-2H3. The first-order chi connectivity index (χ1) is 10.1. The van der Waals surface area contributed by atoms with Gasteiger partial charge in [-0.2, -0.15) is 0 Å². The highest BCUT2D eigenvalue weighted by molar-refractivity contribution is 5.72. The van der Waals surface area contributed by atoms with Gasteiger partial charge in [0.05, 0.1) is 5.52 Å². The van der Waals surface area contributed by atoms with Crippen LogP contribution in [0.4, 0.5) is 0 Å². The molecule has 0 saturated carbocycles. The summed E-state index contributed by atoms with van der Waals surface area (Å²) in [6.45, 7) is 4.47. The maximum absolute atomic E-state index is 12.0. The van der Waals surface area contributed by atoms with Gasteiger partial charge in [0.1, 0.15) is 0 Å². The maximum Gasteiger partial charge on any atom is 0.420 e. The summed E-state index contributed by atoms with van der Waals surface area (Å²) in [4.78, 5) is 12.0. The number of nitrogens with two attached hydrogens (primary N) is 1. The van der Waals surface area contributed by atoms with E-state index in [1.54, 1.807) is 10.6 Å². The number of hydrogen-bond donors (Lipinski definition) is 1. The monoisotopic (exact) mass is 282 g/mol. The van der Waals surface area contributed by atoms with E-state index < -0.39 is 0 Å². The SMILES string of the molecule is Cc1ccc(C)c(C(N)Cn2c(=O)oc3ccccc32)c1. The third-order valence-electron chi connectivity index (χ3n) is 3.79. The number of hydrogen-bond acceptors (Lipinski definition) is 3. The Hall–Kier alpha value is -2.33. The molecule has 3 rings (SSSR count). The van der Waals surface area contributed by atoms with Crippen LogP contribution in [0.25, 0.3) is 11.1 Å². The van der Waals surface area contributed by atoms with E-state index in [1.807, 2.05) is 32.0 Å². The fourth-order valence-electron chi connectivity index (χ4n) is 2.64. The van der Waals surface area contributed by atoms with Crippen LogP contribution in [0.15, 0.2) is 51.7 Å². The molecule has 2 N–H and O–H groups in total. The summed E-state index contributed by atoms with van der Waals surface area (Å²) in [5.41, 5.74) is 11.0. The Morgan fingerprint density at radius 2 is 1.95 bits per heavy atom. The van der Waals surface area contributed by atoms with Crippen LogP contribution >= 0.6 is 0 Å². The topological polar surface area (TPSA) is 61.2 Å². The van der Waals surface area contributed by atoms with Gasteiger partial charge >= 0.3 is 5.76 Å². The van der Waals surface area contributed by atoms with Gasteiger partial charge in [-0.25, -0.2) is 4.79 Å². The molecule has 1 heterocycles. The predicted molar refractivity (Wildman–Crippen MR) is 83.3 cm³/mol. The van der Waals surface area contributed by atoms with Crippen molar-refractivity contribution in [3.63, 3.8) is 0 Å². The van der Waals surface area contributed by atoms with Gasteiger partial charge in [0.25, 0.3) is 0 Å². The number of nitrogens with zero attached hydrogens (tertiary/aromatic N) is 1. The van der Waals surface area contributed by atoms with Gasteiger partial charge in [0.15, 0.2) is 5.58 Å². The van der Waals surface area contributed by atoms with E-state index in [4.69, 9.17) is 10.2 Å². The second-order valence-electron chi connectivity index (χ2n) is 5.41. The van der Waals surface area contributed by atoms with Crippen molar-refractivity contribution in [2.24, 2.45) is 5.73 Å². The molecule has 1 atom stereocenters. The third-order valence-corrected chi connectivity index (χ3v) is 3.79. The first-order valence-electron chi connectivity index (χ1n) is 6.97. The smallest absolute Gasteiger partial charge is 0.408 e. The fourth-order valence-corrected chi connectivity index (χ4v) is 2.64.